The average Bonchev–Trinajstić information content (AvgIpc) is 2.94. The molecule has 2 aliphatic heterocycles. The molecule has 0 aliphatic carbocycles. The van der Waals surface area contributed by atoms with E-state index in [4.69, 9.17) is 4.52 Å². The van der Waals surface area contributed by atoms with E-state index in [1.165, 1.54) is 12.8 Å². The zero-order valence-electron chi connectivity index (χ0n) is 11.9. The van der Waals surface area contributed by atoms with Crippen molar-refractivity contribution in [3.63, 3.8) is 0 Å². The Morgan fingerprint density at radius 3 is 2.75 bits per heavy atom. The smallest absolute Gasteiger partial charge is 0.246 e. The summed E-state index contributed by atoms with van der Waals surface area (Å²) in [6, 6.07) is 0.355. The molecule has 1 aromatic rings. The molecule has 2 fully saturated rings. The molecule has 0 aromatic carbocycles. The zero-order chi connectivity index (χ0) is 14.3. The van der Waals surface area contributed by atoms with Gasteiger partial charge in [-0.05, 0) is 39.7 Å². The second kappa shape index (κ2) is 5.13. The van der Waals surface area contributed by atoms with Gasteiger partial charge in [0.1, 0.15) is 10.6 Å². The molecule has 2 aliphatic rings. The number of piperidine rings is 1. The Morgan fingerprint density at radius 2 is 2.05 bits per heavy atom. The van der Waals surface area contributed by atoms with Crippen molar-refractivity contribution >= 4 is 10.0 Å². The van der Waals surface area contributed by atoms with Gasteiger partial charge in [0, 0.05) is 18.6 Å². The first-order chi connectivity index (χ1) is 9.49. The van der Waals surface area contributed by atoms with Crippen LogP contribution in [0.25, 0.3) is 0 Å². The van der Waals surface area contributed by atoms with Gasteiger partial charge in [-0.3, -0.25) is 4.90 Å². The highest BCUT2D eigenvalue weighted by atomic mass is 32.2. The van der Waals surface area contributed by atoms with Gasteiger partial charge in [0.25, 0.3) is 0 Å². The van der Waals surface area contributed by atoms with Crippen molar-refractivity contribution in [3.8, 4) is 0 Å². The van der Waals surface area contributed by atoms with Gasteiger partial charge in [-0.25, -0.2) is 13.1 Å². The molecule has 2 saturated heterocycles. The van der Waals surface area contributed by atoms with E-state index in [-0.39, 0.29) is 10.9 Å². The lowest BCUT2D eigenvalue weighted by Gasteiger charge is -2.32. The van der Waals surface area contributed by atoms with Gasteiger partial charge in [-0.2, -0.15) is 0 Å². The predicted molar refractivity (Wildman–Crippen MR) is 73.9 cm³/mol. The molecule has 0 spiro atoms. The quantitative estimate of drug-likeness (QED) is 0.907. The van der Waals surface area contributed by atoms with E-state index in [9.17, 15) is 8.42 Å². The Morgan fingerprint density at radius 1 is 1.25 bits per heavy atom. The van der Waals surface area contributed by atoms with Crippen LogP contribution in [0.3, 0.4) is 0 Å². The molecule has 0 radical (unpaired) electrons. The lowest BCUT2D eigenvalue weighted by molar-refractivity contribution is 0.186. The monoisotopic (exact) mass is 299 g/mol. The minimum absolute atomic E-state index is 0.00833. The lowest BCUT2D eigenvalue weighted by atomic mass is 10.00. The maximum Gasteiger partial charge on any atom is 0.246 e. The molecule has 0 saturated carbocycles. The Labute approximate surface area is 119 Å². The van der Waals surface area contributed by atoms with Crippen LogP contribution < -0.4 is 4.72 Å². The van der Waals surface area contributed by atoms with Gasteiger partial charge in [0.05, 0.1) is 0 Å². The van der Waals surface area contributed by atoms with E-state index in [0.29, 0.717) is 17.5 Å². The third kappa shape index (κ3) is 2.38. The fourth-order valence-electron chi connectivity index (χ4n) is 3.50. The summed E-state index contributed by atoms with van der Waals surface area (Å²) in [4.78, 5) is 2.61. The molecule has 7 heteroatoms. The SMILES string of the molecule is Cc1noc(C)c1S(=O)(=O)N[C@H]1CCN2CCCC[C@@H]12. The molecule has 2 atom stereocenters. The molecule has 3 heterocycles. The van der Waals surface area contributed by atoms with Crippen LogP contribution in [-0.4, -0.2) is 43.6 Å². The molecule has 1 aromatic heterocycles. The molecule has 6 nitrogen and oxygen atoms in total. The highest BCUT2D eigenvalue weighted by Crippen LogP contribution is 2.29. The number of rotatable bonds is 3. The number of nitrogens with zero attached hydrogens (tertiary/aromatic N) is 2. The van der Waals surface area contributed by atoms with E-state index < -0.39 is 10.0 Å². The number of fused-ring (bicyclic) bond motifs is 1. The van der Waals surface area contributed by atoms with Crippen LogP contribution in [0.4, 0.5) is 0 Å². The summed E-state index contributed by atoms with van der Waals surface area (Å²) in [5.74, 6) is 0.355. The van der Waals surface area contributed by atoms with E-state index in [0.717, 1.165) is 25.9 Å². The molecule has 20 heavy (non-hydrogen) atoms. The number of aryl methyl sites for hydroxylation is 2. The van der Waals surface area contributed by atoms with Crippen molar-refractivity contribution in [1.29, 1.82) is 0 Å². The van der Waals surface area contributed by atoms with Gasteiger partial charge in [-0.15, -0.1) is 0 Å². The molecular formula is C13H21N3O3S. The maximum absolute atomic E-state index is 12.5. The summed E-state index contributed by atoms with van der Waals surface area (Å²) < 4.78 is 32.9. The van der Waals surface area contributed by atoms with E-state index in [2.05, 4.69) is 14.8 Å². The van der Waals surface area contributed by atoms with Gasteiger partial charge < -0.3 is 4.52 Å². The third-order valence-electron chi connectivity index (χ3n) is 4.40. The molecular weight excluding hydrogens is 278 g/mol. The molecule has 0 unspecified atom stereocenters. The molecule has 0 bridgehead atoms. The van der Waals surface area contributed by atoms with Crippen LogP contribution in [0.5, 0.6) is 0 Å². The van der Waals surface area contributed by atoms with Crippen molar-refractivity contribution in [2.45, 2.75) is 56.5 Å². The normalized spacial score (nSPS) is 27.7. The first kappa shape index (κ1) is 14.0. The fourth-order valence-corrected chi connectivity index (χ4v) is 5.13. The van der Waals surface area contributed by atoms with Crippen molar-refractivity contribution in [1.82, 2.24) is 14.8 Å². The van der Waals surface area contributed by atoms with Crippen molar-refractivity contribution in [2.75, 3.05) is 13.1 Å². The highest BCUT2D eigenvalue weighted by molar-refractivity contribution is 7.89. The largest absolute Gasteiger partial charge is 0.360 e. The summed E-state index contributed by atoms with van der Waals surface area (Å²) in [5, 5.41) is 3.73. The second-order valence-corrected chi connectivity index (χ2v) is 7.42. The van der Waals surface area contributed by atoms with E-state index in [1.54, 1.807) is 13.8 Å². The van der Waals surface area contributed by atoms with Crippen LogP contribution in [0, 0.1) is 13.8 Å². The maximum atomic E-state index is 12.5. The molecule has 3 rings (SSSR count). The van der Waals surface area contributed by atoms with Crippen LogP contribution in [-0.2, 0) is 10.0 Å². The van der Waals surface area contributed by atoms with Gasteiger partial charge in [0.15, 0.2) is 5.76 Å². The van der Waals surface area contributed by atoms with Crippen LogP contribution >= 0.6 is 0 Å². The lowest BCUT2D eigenvalue weighted by Crippen LogP contribution is -2.46. The summed E-state index contributed by atoms with van der Waals surface area (Å²) in [6.45, 7) is 5.37. The summed E-state index contributed by atoms with van der Waals surface area (Å²) in [6.07, 6.45) is 4.37. The number of hydrogen-bond acceptors (Lipinski definition) is 5. The second-order valence-electron chi connectivity index (χ2n) is 5.77. The highest BCUT2D eigenvalue weighted by Gasteiger charge is 2.38. The summed E-state index contributed by atoms with van der Waals surface area (Å²) >= 11 is 0. The Hall–Kier alpha value is -0.920. The van der Waals surface area contributed by atoms with Crippen molar-refractivity contribution < 1.29 is 12.9 Å². The van der Waals surface area contributed by atoms with Crippen LogP contribution in [0.1, 0.15) is 37.1 Å². The molecule has 1 N–H and O–H groups in total. The molecule has 0 amide bonds. The minimum Gasteiger partial charge on any atom is -0.360 e. The van der Waals surface area contributed by atoms with Gasteiger partial charge in [0.2, 0.25) is 10.0 Å². The predicted octanol–water partition coefficient (Wildman–Crippen LogP) is 1.20. The van der Waals surface area contributed by atoms with Gasteiger partial charge >= 0.3 is 0 Å². The number of aromatic nitrogens is 1. The first-order valence-corrected chi connectivity index (χ1v) is 8.66. The first-order valence-electron chi connectivity index (χ1n) is 7.18. The topological polar surface area (TPSA) is 75.4 Å². The van der Waals surface area contributed by atoms with Gasteiger partial charge in [-0.1, -0.05) is 11.6 Å². The fraction of sp³-hybridized carbons (Fsp3) is 0.769. The average molecular weight is 299 g/mol. The Balaban J connectivity index is 1.80. The number of nitrogens with one attached hydrogen (secondary N) is 1. The molecule has 112 valence electrons. The number of hydrogen-bond donors (Lipinski definition) is 1. The number of sulfonamides is 1. The van der Waals surface area contributed by atoms with Crippen molar-refractivity contribution in [2.24, 2.45) is 0 Å². The Bertz CT molecular complexity index is 577. The standard InChI is InChI=1S/C13H21N3O3S/c1-9-13(10(2)19-14-9)20(17,18)15-11-6-8-16-7-4-3-5-12(11)16/h11-12,15H,3-8H2,1-2H3/t11-,12-/m0/s1. The summed E-state index contributed by atoms with van der Waals surface area (Å²) in [7, 11) is -3.55. The zero-order valence-corrected chi connectivity index (χ0v) is 12.7. The van der Waals surface area contributed by atoms with Crippen LogP contribution in [0.2, 0.25) is 0 Å². The third-order valence-corrected chi connectivity index (χ3v) is 6.13. The van der Waals surface area contributed by atoms with E-state index in [1.807, 2.05) is 0 Å². The van der Waals surface area contributed by atoms with E-state index >= 15 is 0 Å². The Kier molecular flexibility index (Phi) is 3.60. The van der Waals surface area contributed by atoms with Crippen LogP contribution in [0.15, 0.2) is 9.42 Å². The minimum atomic E-state index is -3.55. The summed E-state index contributed by atoms with van der Waals surface area (Å²) in [5.41, 5.74) is 0.425. The van der Waals surface area contributed by atoms with Crippen molar-refractivity contribution in [3.05, 3.63) is 11.5 Å².